The molecule has 0 saturated carbocycles. The first kappa shape index (κ1) is 16.7. The van der Waals surface area contributed by atoms with Crippen LogP contribution >= 0.6 is 23.4 Å². The van der Waals surface area contributed by atoms with Gasteiger partial charge in [-0.1, -0.05) is 29.4 Å². The number of carbonyl (C=O) groups excluding carboxylic acids is 1. The number of hydrogen-bond donors (Lipinski definition) is 2. The monoisotopic (exact) mass is 367 g/mol. The van der Waals surface area contributed by atoms with Gasteiger partial charge in [-0.2, -0.15) is 0 Å². The van der Waals surface area contributed by atoms with Crippen molar-refractivity contribution in [3.8, 4) is 0 Å². The quantitative estimate of drug-likeness (QED) is 0.666. The Morgan fingerprint density at radius 2 is 2.04 bits per heavy atom. The highest BCUT2D eigenvalue weighted by atomic mass is 35.5. The predicted octanol–water partition coefficient (Wildman–Crippen LogP) is 4.53. The van der Waals surface area contributed by atoms with Crippen molar-refractivity contribution < 1.29 is 13.6 Å². The van der Waals surface area contributed by atoms with Crippen molar-refractivity contribution in [1.82, 2.24) is 9.97 Å². The van der Waals surface area contributed by atoms with Crippen molar-refractivity contribution in [2.75, 3.05) is 11.1 Å². The van der Waals surface area contributed by atoms with Gasteiger partial charge in [0.25, 0.3) is 0 Å². The zero-order valence-corrected chi connectivity index (χ0v) is 14.1. The minimum atomic E-state index is -0.961. The lowest BCUT2D eigenvalue weighted by molar-refractivity contribution is -0.113. The fraction of sp³-hybridized carbons (Fsp3) is 0.125. The maximum atomic E-state index is 13.2. The van der Waals surface area contributed by atoms with Crippen LogP contribution in [0.1, 0.15) is 5.56 Å². The molecule has 0 aliphatic rings. The highest BCUT2D eigenvalue weighted by molar-refractivity contribution is 7.99. The van der Waals surface area contributed by atoms with Crippen molar-refractivity contribution in [2.45, 2.75) is 12.1 Å². The van der Waals surface area contributed by atoms with E-state index in [0.29, 0.717) is 26.9 Å². The van der Waals surface area contributed by atoms with E-state index in [9.17, 15) is 13.6 Å². The topological polar surface area (TPSA) is 57.8 Å². The van der Waals surface area contributed by atoms with E-state index in [2.05, 4.69) is 15.3 Å². The molecular weight excluding hydrogens is 356 g/mol. The second-order valence-corrected chi connectivity index (χ2v) is 6.52. The second-order valence-electron chi connectivity index (χ2n) is 5.15. The molecule has 0 atom stereocenters. The molecule has 124 valence electrons. The summed E-state index contributed by atoms with van der Waals surface area (Å²) in [4.78, 5) is 19.0. The Labute approximate surface area is 145 Å². The fourth-order valence-corrected chi connectivity index (χ4v) is 3.06. The van der Waals surface area contributed by atoms with Gasteiger partial charge in [0.15, 0.2) is 16.8 Å². The Hall–Kier alpha value is -2.12. The van der Waals surface area contributed by atoms with Crippen molar-refractivity contribution in [3.63, 3.8) is 0 Å². The Balaban J connectivity index is 1.65. The third kappa shape index (κ3) is 3.68. The van der Waals surface area contributed by atoms with Gasteiger partial charge in [-0.25, -0.2) is 13.8 Å². The maximum absolute atomic E-state index is 13.2. The molecule has 24 heavy (non-hydrogen) atoms. The third-order valence-electron chi connectivity index (χ3n) is 3.24. The number of amides is 1. The van der Waals surface area contributed by atoms with Crippen LogP contribution in [0.25, 0.3) is 11.0 Å². The van der Waals surface area contributed by atoms with E-state index in [1.807, 2.05) is 13.0 Å². The molecule has 2 N–H and O–H groups in total. The normalized spacial score (nSPS) is 11.0. The minimum Gasteiger partial charge on any atom is -0.333 e. The summed E-state index contributed by atoms with van der Waals surface area (Å²) in [6.45, 7) is 1.90. The number of carbonyl (C=O) groups is 1. The van der Waals surface area contributed by atoms with Crippen LogP contribution in [0.2, 0.25) is 5.02 Å². The predicted molar refractivity (Wildman–Crippen MR) is 91.6 cm³/mol. The molecule has 3 aromatic rings. The number of thioether (sulfide) groups is 1. The molecular formula is C16H12ClF2N3OS. The SMILES string of the molecule is Cc1ccc(NC(=O)CSc2nc3cc(F)c(F)cc3[nH]2)c(Cl)c1. The number of anilines is 1. The molecule has 0 saturated heterocycles. The van der Waals surface area contributed by atoms with Crippen LogP contribution in [0, 0.1) is 18.6 Å². The zero-order chi connectivity index (χ0) is 17.3. The van der Waals surface area contributed by atoms with Gasteiger partial charge >= 0.3 is 0 Å². The van der Waals surface area contributed by atoms with Gasteiger partial charge in [0, 0.05) is 12.1 Å². The first-order valence-electron chi connectivity index (χ1n) is 6.96. The zero-order valence-electron chi connectivity index (χ0n) is 12.5. The number of benzene rings is 2. The first-order valence-corrected chi connectivity index (χ1v) is 8.32. The van der Waals surface area contributed by atoms with E-state index in [0.717, 1.165) is 29.5 Å². The van der Waals surface area contributed by atoms with Crippen LogP contribution in [0.15, 0.2) is 35.5 Å². The maximum Gasteiger partial charge on any atom is 0.234 e. The first-order chi connectivity index (χ1) is 11.4. The molecule has 3 rings (SSSR count). The summed E-state index contributed by atoms with van der Waals surface area (Å²) >= 11 is 7.19. The Morgan fingerprint density at radius 3 is 2.79 bits per heavy atom. The van der Waals surface area contributed by atoms with Crippen molar-refractivity contribution in [2.24, 2.45) is 0 Å². The number of nitrogens with one attached hydrogen (secondary N) is 2. The summed E-state index contributed by atoms with van der Waals surface area (Å²) in [5, 5.41) is 3.57. The van der Waals surface area contributed by atoms with Gasteiger partial charge in [-0.15, -0.1) is 0 Å². The average molecular weight is 368 g/mol. The van der Waals surface area contributed by atoms with Crippen molar-refractivity contribution in [1.29, 1.82) is 0 Å². The standard InChI is InChI=1S/C16H12ClF2N3OS/c1-8-2-3-12(9(17)4-8)20-15(23)7-24-16-21-13-5-10(18)11(19)6-14(13)22-16/h2-6H,7H2,1H3,(H,20,23)(H,21,22). The van der Waals surface area contributed by atoms with Crippen LogP contribution in [-0.2, 0) is 4.79 Å². The Bertz CT molecular complexity index is 890. The van der Waals surface area contributed by atoms with Crippen LogP contribution in [0.5, 0.6) is 0 Å². The molecule has 4 nitrogen and oxygen atoms in total. The van der Waals surface area contributed by atoms with E-state index in [1.54, 1.807) is 12.1 Å². The molecule has 0 bridgehead atoms. The summed E-state index contributed by atoms with van der Waals surface area (Å²) in [6.07, 6.45) is 0. The number of halogens is 3. The summed E-state index contributed by atoms with van der Waals surface area (Å²) in [5.74, 6) is -2.09. The average Bonchev–Trinajstić information content (AvgIpc) is 2.90. The number of imidazole rings is 1. The number of aromatic amines is 1. The Kier molecular flexibility index (Phi) is 4.73. The van der Waals surface area contributed by atoms with E-state index < -0.39 is 11.6 Å². The molecule has 0 fully saturated rings. The van der Waals surface area contributed by atoms with E-state index >= 15 is 0 Å². The highest BCUT2D eigenvalue weighted by Crippen LogP contribution is 2.24. The molecule has 0 radical (unpaired) electrons. The Morgan fingerprint density at radius 1 is 1.29 bits per heavy atom. The van der Waals surface area contributed by atoms with E-state index in [-0.39, 0.29) is 11.7 Å². The summed E-state index contributed by atoms with van der Waals surface area (Å²) < 4.78 is 26.3. The van der Waals surface area contributed by atoms with Gasteiger partial charge in [-0.3, -0.25) is 4.79 Å². The molecule has 0 aliphatic carbocycles. The summed E-state index contributed by atoms with van der Waals surface area (Å²) in [6, 6.07) is 7.38. The van der Waals surface area contributed by atoms with E-state index in [1.165, 1.54) is 0 Å². The van der Waals surface area contributed by atoms with Crippen molar-refractivity contribution >= 4 is 46.0 Å². The number of aromatic nitrogens is 2. The molecule has 0 spiro atoms. The number of rotatable bonds is 4. The van der Waals surface area contributed by atoms with Crippen LogP contribution < -0.4 is 5.32 Å². The van der Waals surface area contributed by atoms with Gasteiger partial charge < -0.3 is 10.3 Å². The van der Waals surface area contributed by atoms with Crippen LogP contribution in [-0.4, -0.2) is 21.6 Å². The number of nitrogens with zero attached hydrogens (tertiary/aromatic N) is 1. The van der Waals surface area contributed by atoms with Gasteiger partial charge in [0.1, 0.15) is 0 Å². The second kappa shape index (κ2) is 6.78. The van der Waals surface area contributed by atoms with Crippen LogP contribution in [0.3, 0.4) is 0 Å². The van der Waals surface area contributed by atoms with Crippen LogP contribution in [0.4, 0.5) is 14.5 Å². The fourth-order valence-electron chi connectivity index (χ4n) is 2.09. The third-order valence-corrected chi connectivity index (χ3v) is 4.43. The minimum absolute atomic E-state index is 0.0784. The number of H-pyrrole nitrogens is 1. The lowest BCUT2D eigenvalue weighted by Crippen LogP contribution is -2.14. The number of fused-ring (bicyclic) bond motifs is 1. The molecule has 0 unspecified atom stereocenters. The van der Waals surface area contributed by atoms with Gasteiger partial charge in [-0.05, 0) is 24.6 Å². The lowest BCUT2D eigenvalue weighted by atomic mass is 10.2. The molecule has 8 heteroatoms. The molecule has 1 heterocycles. The van der Waals surface area contributed by atoms with Gasteiger partial charge in [0.05, 0.1) is 27.5 Å². The number of aryl methyl sites for hydroxylation is 1. The summed E-state index contributed by atoms with van der Waals surface area (Å²) in [7, 11) is 0. The summed E-state index contributed by atoms with van der Waals surface area (Å²) in [5.41, 5.74) is 2.20. The van der Waals surface area contributed by atoms with Gasteiger partial charge in [0.2, 0.25) is 5.91 Å². The van der Waals surface area contributed by atoms with Crippen molar-refractivity contribution in [3.05, 3.63) is 52.6 Å². The number of hydrogen-bond acceptors (Lipinski definition) is 3. The molecule has 2 aromatic carbocycles. The van der Waals surface area contributed by atoms with E-state index in [4.69, 9.17) is 11.6 Å². The largest absolute Gasteiger partial charge is 0.333 e. The lowest BCUT2D eigenvalue weighted by Gasteiger charge is -2.07. The smallest absolute Gasteiger partial charge is 0.234 e. The molecule has 0 aliphatic heterocycles. The highest BCUT2D eigenvalue weighted by Gasteiger charge is 2.11. The molecule has 1 amide bonds. The molecule has 1 aromatic heterocycles.